The highest BCUT2D eigenvalue weighted by molar-refractivity contribution is 5.20. The lowest BCUT2D eigenvalue weighted by Crippen LogP contribution is -2.40. The van der Waals surface area contributed by atoms with Gasteiger partial charge in [0.1, 0.15) is 12.4 Å². The van der Waals surface area contributed by atoms with Crippen molar-refractivity contribution in [2.75, 3.05) is 19.8 Å². The van der Waals surface area contributed by atoms with Crippen LogP contribution in [0.15, 0.2) is 30.3 Å². The van der Waals surface area contributed by atoms with Crippen molar-refractivity contribution in [3.63, 3.8) is 0 Å². The second-order valence-corrected chi connectivity index (χ2v) is 4.74. The van der Waals surface area contributed by atoms with E-state index in [1.807, 2.05) is 30.3 Å². The second kappa shape index (κ2) is 7.39. The van der Waals surface area contributed by atoms with Gasteiger partial charge in [-0.2, -0.15) is 0 Å². The maximum absolute atomic E-state index is 5.66. The van der Waals surface area contributed by atoms with Crippen molar-refractivity contribution in [2.24, 2.45) is 0 Å². The van der Waals surface area contributed by atoms with Gasteiger partial charge in [0.2, 0.25) is 0 Å². The van der Waals surface area contributed by atoms with Crippen molar-refractivity contribution in [1.29, 1.82) is 0 Å². The molecule has 0 bridgehead atoms. The van der Waals surface area contributed by atoms with Gasteiger partial charge in [-0.25, -0.2) is 0 Å². The smallest absolute Gasteiger partial charge is 0.119 e. The summed E-state index contributed by atoms with van der Waals surface area (Å²) in [6.07, 6.45) is 3.79. The molecule has 1 saturated heterocycles. The van der Waals surface area contributed by atoms with Crippen molar-refractivity contribution >= 4 is 0 Å². The van der Waals surface area contributed by atoms with Gasteiger partial charge in [-0.3, -0.25) is 0 Å². The van der Waals surface area contributed by atoms with Crippen LogP contribution in [0.4, 0.5) is 0 Å². The monoisotopic (exact) mass is 249 g/mol. The molecule has 1 heterocycles. The first kappa shape index (κ1) is 13.4. The third-order valence-electron chi connectivity index (χ3n) is 3.37. The summed E-state index contributed by atoms with van der Waals surface area (Å²) in [6, 6.07) is 10.5. The van der Waals surface area contributed by atoms with E-state index in [2.05, 4.69) is 12.2 Å². The zero-order chi connectivity index (χ0) is 12.6. The van der Waals surface area contributed by atoms with E-state index in [1.165, 1.54) is 0 Å². The summed E-state index contributed by atoms with van der Waals surface area (Å²) in [4.78, 5) is 0. The first-order valence-corrected chi connectivity index (χ1v) is 6.91. The lowest BCUT2D eigenvalue weighted by molar-refractivity contribution is -0.000409. The molecule has 18 heavy (non-hydrogen) atoms. The highest BCUT2D eigenvalue weighted by Crippen LogP contribution is 2.16. The summed E-state index contributed by atoms with van der Waals surface area (Å²) in [5.41, 5.74) is 0. The van der Waals surface area contributed by atoms with Crippen LogP contribution in [0.3, 0.4) is 0 Å². The molecule has 0 aromatic heterocycles. The van der Waals surface area contributed by atoms with Crippen LogP contribution < -0.4 is 10.1 Å². The minimum atomic E-state index is 0.436. The van der Waals surface area contributed by atoms with Gasteiger partial charge in [0.05, 0.1) is 6.10 Å². The number of hydrogen-bond acceptors (Lipinski definition) is 3. The largest absolute Gasteiger partial charge is 0.492 e. The van der Waals surface area contributed by atoms with Crippen molar-refractivity contribution < 1.29 is 9.47 Å². The normalized spacial score (nSPS) is 23.8. The fraction of sp³-hybridized carbons (Fsp3) is 0.600. The molecule has 2 unspecified atom stereocenters. The van der Waals surface area contributed by atoms with Gasteiger partial charge in [-0.1, -0.05) is 25.1 Å². The third kappa shape index (κ3) is 4.31. The molecule has 3 nitrogen and oxygen atoms in total. The van der Waals surface area contributed by atoms with E-state index >= 15 is 0 Å². The molecule has 1 fully saturated rings. The molecule has 0 amide bonds. The summed E-state index contributed by atoms with van der Waals surface area (Å²) >= 11 is 0. The molecule has 0 aliphatic carbocycles. The second-order valence-electron chi connectivity index (χ2n) is 4.74. The lowest BCUT2D eigenvalue weighted by atomic mass is 10.0. The molecule has 1 N–H and O–H groups in total. The van der Waals surface area contributed by atoms with Gasteiger partial charge >= 0.3 is 0 Å². The van der Waals surface area contributed by atoms with Gasteiger partial charge in [-0.05, 0) is 31.4 Å². The first-order valence-electron chi connectivity index (χ1n) is 6.91. The van der Waals surface area contributed by atoms with Gasteiger partial charge in [-0.15, -0.1) is 0 Å². The Balaban J connectivity index is 1.60. The van der Waals surface area contributed by atoms with E-state index in [4.69, 9.17) is 9.47 Å². The number of benzene rings is 1. The molecular weight excluding hydrogens is 226 g/mol. The predicted molar refractivity (Wildman–Crippen MR) is 73.0 cm³/mol. The zero-order valence-electron chi connectivity index (χ0n) is 11.1. The minimum Gasteiger partial charge on any atom is -0.492 e. The number of para-hydroxylation sites is 1. The number of ether oxygens (including phenoxy) is 2. The molecule has 100 valence electrons. The molecule has 2 rings (SSSR count). The molecule has 1 aliphatic heterocycles. The maximum atomic E-state index is 5.66. The third-order valence-corrected chi connectivity index (χ3v) is 3.37. The Labute approximate surface area is 109 Å². The SMILES string of the molecule is CCC1CC(NCCOc2ccccc2)CCO1. The Morgan fingerprint density at radius 1 is 1.33 bits per heavy atom. The summed E-state index contributed by atoms with van der Waals surface area (Å²) in [6.45, 7) is 4.69. The molecule has 1 aliphatic rings. The molecule has 1 aromatic rings. The van der Waals surface area contributed by atoms with E-state index in [1.54, 1.807) is 0 Å². The number of rotatable bonds is 6. The van der Waals surface area contributed by atoms with Crippen molar-refractivity contribution in [1.82, 2.24) is 5.32 Å². The fourth-order valence-electron chi connectivity index (χ4n) is 2.30. The van der Waals surface area contributed by atoms with Gasteiger partial charge in [0.15, 0.2) is 0 Å². The predicted octanol–water partition coefficient (Wildman–Crippen LogP) is 2.61. The Kier molecular flexibility index (Phi) is 5.49. The molecular formula is C15H23NO2. The number of nitrogens with one attached hydrogen (secondary N) is 1. The Morgan fingerprint density at radius 2 is 2.17 bits per heavy atom. The van der Waals surface area contributed by atoms with E-state index in [-0.39, 0.29) is 0 Å². The van der Waals surface area contributed by atoms with Gasteiger partial charge in [0.25, 0.3) is 0 Å². The Morgan fingerprint density at radius 3 is 2.94 bits per heavy atom. The molecule has 0 spiro atoms. The first-order chi connectivity index (χ1) is 8.88. The van der Waals surface area contributed by atoms with E-state index < -0.39 is 0 Å². The van der Waals surface area contributed by atoms with Gasteiger partial charge in [0, 0.05) is 19.2 Å². The average Bonchev–Trinajstić information content (AvgIpc) is 2.45. The van der Waals surface area contributed by atoms with Crippen molar-refractivity contribution in [3.05, 3.63) is 30.3 Å². The Bertz CT molecular complexity index is 329. The highest BCUT2D eigenvalue weighted by Gasteiger charge is 2.20. The Hall–Kier alpha value is -1.06. The molecule has 0 saturated carbocycles. The van der Waals surface area contributed by atoms with E-state index in [9.17, 15) is 0 Å². The summed E-state index contributed by atoms with van der Waals surface area (Å²) in [5.74, 6) is 0.942. The maximum Gasteiger partial charge on any atom is 0.119 e. The fourth-order valence-corrected chi connectivity index (χ4v) is 2.30. The molecule has 0 radical (unpaired) electrons. The highest BCUT2D eigenvalue weighted by atomic mass is 16.5. The summed E-state index contributed by atoms with van der Waals surface area (Å²) in [7, 11) is 0. The van der Waals surface area contributed by atoms with Crippen LogP contribution in [0.25, 0.3) is 0 Å². The zero-order valence-corrected chi connectivity index (χ0v) is 11.1. The van der Waals surface area contributed by atoms with Gasteiger partial charge < -0.3 is 14.8 Å². The lowest BCUT2D eigenvalue weighted by Gasteiger charge is -2.29. The van der Waals surface area contributed by atoms with Crippen molar-refractivity contribution in [3.8, 4) is 5.75 Å². The summed E-state index contributed by atoms with van der Waals surface area (Å²) < 4.78 is 11.3. The van der Waals surface area contributed by atoms with E-state index in [0.717, 1.165) is 44.8 Å². The van der Waals surface area contributed by atoms with Crippen molar-refractivity contribution in [2.45, 2.75) is 38.3 Å². The van der Waals surface area contributed by atoms with Crippen LogP contribution >= 0.6 is 0 Å². The molecule has 2 atom stereocenters. The van der Waals surface area contributed by atoms with Crippen LogP contribution in [0.5, 0.6) is 5.75 Å². The van der Waals surface area contributed by atoms with Crippen LogP contribution in [0, 0.1) is 0 Å². The van der Waals surface area contributed by atoms with Crippen LogP contribution in [-0.4, -0.2) is 31.9 Å². The average molecular weight is 249 g/mol. The quantitative estimate of drug-likeness (QED) is 0.786. The topological polar surface area (TPSA) is 30.5 Å². The summed E-state index contributed by atoms with van der Waals surface area (Å²) in [5, 5.41) is 3.55. The molecule has 1 aromatic carbocycles. The minimum absolute atomic E-state index is 0.436. The van der Waals surface area contributed by atoms with Crippen LogP contribution in [0.1, 0.15) is 26.2 Å². The van der Waals surface area contributed by atoms with E-state index in [0.29, 0.717) is 12.1 Å². The molecule has 3 heteroatoms. The van der Waals surface area contributed by atoms with Crippen LogP contribution in [-0.2, 0) is 4.74 Å². The number of hydrogen-bond donors (Lipinski definition) is 1. The standard InChI is InChI=1S/C15H23NO2/c1-2-14-12-13(8-10-17-14)16-9-11-18-15-6-4-3-5-7-15/h3-7,13-14,16H,2,8-12H2,1H3. The van der Waals surface area contributed by atoms with Crippen LogP contribution in [0.2, 0.25) is 0 Å².